The summed E-state index contributed by atoms with van der Waals surface area (Å²) in [5.41, 5.74) is 1.13. The summed E-state index contributed by atoms with van der Waals surface area (Å²) in [5, 5.41) is 3.46. The van der Waals surface area contributed by atoms with Crippen LogP contribution in [0.4, 0.5) is 0 Å². The van der Waals surface area contributed by atoms with E-state index in [1.807, 2.05) is 6.07 Å². The molecule has 1 fully saturated rings. The van der Waals surface area contributed by atoms with E-state index in [4.69, 9.17) is 9.47 Å². The van der Waals surface area contributed by atoms with Gasteiger partial charge in [0, 0.05) is 19.0 Å². The maximum absolute atomic E-state index is 5.72. The molecule has 1 aromatic carbocycles. The van der Waals surface area contributed by atoms with E-state index in [1.165, 1.54) is 12.8 Å². The van der Waals surface area contributed by atoms with Crippen LogP contribution >= 0.6 is 15.9 Å². The third kappa shape index (κ3) is 3.51. The number of hydrogen-bond acceptors (Lipinski definition) is 3. The molecular weight excluding hydrogens is 306 g/mol. The largest absolute Gasteiger partial charge is 0.489 e. The van der Waals surface area contributed by atoms with Gasteiger partial charge in [0.15, 0.2) is 11.5 Å². The van der Waals surface area contributed by atoms with Gasteiger partial charge >= 0.3 is 0 Å². The highest BCUT2D eigenvalue weighted by atomic mass is 79.9. The third-order valence-electron chi connectivity index (χ3n) is 3.24. The van der Waals surface area contributed by atoms with Crippen LogP contribution in [0.1, 0.15) is 24.8 Å². The van der Waals surface area contributed by atoms with Crippen LogP contribution in [0, 0.1) is 0 Å². The van der Waals surface area contributed by atoms with Crippen LogP contribution in [0.3, 0.4) is 0 Å². The topological polar surface area (TPSA) is 30.5 Å². The zero-order valence-corrected chi connectivity index (χ0v) is 12.4. The summed E-state index contributed by atoms with van der Waals surface area (Å²) < 4.78 is 12.4. The van der Waals surface area contributed by atoms with Crippen LogP contribution in [0.25, 0.3) is 6.08 Å². The summed E-state index contributed by atoms with van der Waals surface area (Å²) in [7, 11) is 0. The zero-order chi connectivity index (χ0) is 13.1. The lowest BCUT2D eigenvalue weighted by molar-refractivity contribution is 0.296. The fourth-order valence-corrected chi connectivity index (χ4v) is 2.64. The van der Waals surface area contributed by atoms with Gasteiger partial charge in [-0.05, 0) is 46.5 Å². The fourth-order valence-electron chi connectivity index (χ4n) is 2.06. The molecule has 0 aromatic heterocycles. The fraction of sp³-hybridized carbons (Fsp3) is 0.467. The molecule has 1 aromatic rings. The van der Waals surface area contributed by atoms with Crippen LogP contribution in [-0.2, 0) is 0 Å². The molecule has 0 spiro atoms. The van der Waals surface area contributed by atoms with Crippen molar-refractivity contribution in [2.75, 3.05) is 19.8 Å². The summed E-state index contributed by atoms with van der Waals surface area (Å²) in [6.07, 6.45) is 7.85. The molecule has 0 saturated heterocycles. The van der Waals surface area contributed by atoms with E-state index in [9.17, 15) is 0 Å². The predicted octanol–water partition coefficient (Wildman–Crippen LogP) is 3.38. The molecule has 2 aliphatic rings. The number of fused-ring (bicyclic) bond motifs is 1. The van der Waals surface area contributed by atoms with Gasteiger partial charge in [-0.15, -0.1) is 0 Å². The first kappa shape index (κ1) is 13.0. The van der Waals surface area contributed by atoms with Gasteiger partial charge in [0.2, 0.25) is 0 Å². The van der Waals surface area contributed by atoms with Crippen molar-refractivity contribution in [3.63, 3.8) is 0 Å². The average molecular weight is 324 g/mol. The second kappa shape index (κ2) is 5.97. The van der Waals surface area contributed by atoms with E-state index in [1.54, 1.807) is 0 Å². The Bertz CT molecular complexity index is 483. The molecular formula is C15H18BrNO2. The molecule has 1 heterocycles. The van der Waals surface area contributed by atoms with Crippen LogP contribution in [0.2, 0.25) is 0 Å². The molecule has 1 aliphatic heterocycles. The van der Waals surface area contributed by atoms with Crippen molar-refractivity contribution in [3.8, 4) is 11.5 Å². The van der Waals surface area contributed by atoms with Crippen molar-refractivity contribution < 1.29 is 9.47 Å². The second-order valence-electron chi connectivity index (χ2n) is 4.97. The molecule has 3 rings (SSSR count). The molecule has 4 heteroatoms. The van der Waals surface area contributed by atoms with Crippen LogP contribution < -0.4 is 14.8 Å². The molecule has 0 amide bonds. The van der Waals surface area contributed by atoms with E-state index < -0.39 is 0 Å². The molecule has 0 atom stereocenters. The van der Waals surface area contributed by atoms with E-state index in [-0.39, 0.29) is 0 Å². The third-order valence-corrected chi connectivity index (χ3v) is 3.83. The van der Waals surface area contributed by atoms with E-state index in [0.717, 1.165) is 47.1 Å². The Balaban J connectivity index is 1.70. The maximum atomic E-state index is 5.72. The molecule has 0 unspecified atom stereocenters. The van der Waals surface area contributed by atoms with Crippen molar-refractivity contribution in [1.29, 1.82) is 0 Å². The lowest BCUT2D eigenvalue weighted by atomic mass is 10.2. The Morgan fingerprint density at radius 1 is 1.26 bits per heavy atom. The minimum Gasteiger partial charge on any atom is -0.489 e. The predicted molar refractivity (Wildman–Crippen MR) is 79.8 cm³/mol. The number of ether oxygens (including phenoxy) is 2. The highest BCUT2D eigenvalue weighted by Gasteiger charge is 2.19. The van der Waals surface area contributed by atoms with Crippen molar-refractivity contribution >= 4 is 22.0 Å². The van der Waals surface area contributed by atoms with E-state index in [2.05, 4.69) is 39.5 Å². The molecule has 19 heavy (non-hydrogen) atoms. The maximum Gasteiger partial charge on any atom is 0.175 e. The summed E-state index contributed by atoms with van der Waals surface area (Å²) in [4.78, 5) is 0. The molecule has 0 radical (unpaired) electrons. The first-order chi connectivity index (χ1) is 9.33. The quantitative estimate of drug-likeness (QED) is 0.921. The van der Waals surface area contributed by atoms with Gasteiger partial charge in [0.25, 0.3) is 0 Å². The van der Waals surface area contributed by atoms with Crippen molar-refractivity contribution in [2.45, 2.75) is 25.3 Å². The summed E-state index contributed by atoms with van der Waals surface area (Å²) in [6, 6.07) is 4.86. The SMILES string of the molecule is Brc1cc(C=CCNC2CC2)cc2c1OCCCO2. The van der Waals surface area contributed by atoms with Gasteiger partial charge < -0.3 is 14.8 Å². The van der Waals surface area contributed by atoms with Crippen molar-refractivity contribution in [1.82, 2.24) is 5.32 Å². The monoisotopic (exact) mass is 323 g/mol. The van der Waals surface area contributed by atoms with Gasteiger partial charge in [-0.25, -0.2) is 0 Å². The lowest BCUT2D eigenvalue weighted by Gasteiger charge is -2.10. The molecule has 1 saturated carbocycles. The Morgan fingerprint density at radius 3 is 2.95 bits per heavy atom. The van der Waals surface area contributed by atoms with Gasteiger partial charge in [-0.3, -0.25) is 0 Å². The number of halogens is 1. The molecule has 3 nitrogen and oxygen atoms in total. The minimum absolute atomic E-state index is 0.714. The highest BCUT2D eigenvalue weighted by molar-refractivity contribution is 9.10. The number of nitrogens with one attached hydrogen (secondary N) is 1. The van der Waals surface area contributed by atoms with Crippen LogP contribution in [0.5, 0.6) is 11.5 Å². The number of hydrogen-bond donors (Lipinski definition) is 1. The normalized spacial score (nSPS) is 18.6. The zero-order valence-electron chi connectivity index (χ0n) is 10.8. The molecule has 1 N–H and O–H groups in total. The molecule has 1 aliphatic carbocycles. The summed E-state index contributed by atoms with van der Waals surface area (Å²) in [5.74, 6) is 1.66. The first-order valence-corrected chi connectivity index (χ1v) is 7.61. The Morgan fingerprint density at radius 2 is 2.11 bits per heavy atom. The summed E-state index contributed by atoms with van der Waals surface area (Å²) in [6.45, 7) is 2.36. The Hall–Kier alpha value is -1.00. The number of rotatable bonds is 4. The van der Waals surface area contributed by atoms with Crippen molar-refractivity contribution in [3.05, 3.63) is 28.2 Å². The highest BCUT2D eigenvalue weighted by Crippen LogP contribution is 2.38. The first-order valence-electron chi connectivity index (χ1n) is 6.82. The summed E-state index contributed by atoms with van der Waals surface area (Å²) >= 11 is 3.56. The Labute approximate surface area is 122 Å². The van der Waals surface area contributed by atoms with E-state index in [0.29, 0.717) is 6.61 Å². The smallest absolute Gasteiger partial charge is 0.175 e. The van der Waals surface area contributed by atoms with Crippen molar-refractivity contribution in [2.24, 2.45) is 0 Å². The van der Waals surface area contributed by atoms with Crippen LogP contribution in [-0.4, -0.2) is 25.8 Å². The van der Waals surface area contributed by atoms with Gasteiger partial charge in [-0.2, -0.15) is 0 Å². The number of benzene rings is 1. The minimum atomic E-state index is 0.714. The Kier molecular flexibility index (Phi) is 4.09. The second-order valence-corrected chi connectivity index (χ2v) is 5.82. The molecule has 0 bridgehead atoms. The van der Waals surface area contributed by atoms with Gasteiger partial charge in [0.05, 0.1) is 17.7 Å². The van der Waals surface area contributed by atoms with Gasteiger partial charge in [-0.1, -0.05) is 12.2 Å². The average Bonchev–Trinajstić information content (AvgIpc) is 3.21. The van der Waals surface area contributed by atoms with Crippen LogP contribution in [0.15, 0.2) is 22.7 Å². The van der Waals surface area contributed by atoms with E-state index >= 15 is 0 Å². The van der Waals surface area contributed by atoms with Gasteiger partial charge in [0.1, 0.15) is 0 Å². The molecule has 102 valence electrons. The standard InChI is InChI=1S/C15H18BrNO2/c16-13-9-11(3-1-6-17-12-4-5-12)10-14-15(13)19-8-2-7-18-14/h1,3,9-10,12,17H,2,4-8H2. The lowest BCUT2D eigenvalue weighted by Crippen LogP contribution is -2.15.